The van der Waals surface area contributed by atoms with Gasteiger partial charge in [-0.15, -0.1) is 0 Å². The minimum absolute atomic E-state index is 0.276. The van der Waals surface area contributed by atoms with Crippen molar-refractivity contribution in [1.82, 2.24) is 10.3 Å². The Morgan fingerprint density at radius 3 is 2.94 bits per heavy atom. The fourth-order valence-corrected chi connectivity index (χ4v) is 1.58. The Morgan fingerprint density at radius 1 is 1.44 bits per heavy atom. The quantitative estimate of drug-likeness (QED) is 0.854. The number of aryl methyl sites for hydroxylation is 1. The molecule has 0 fully saturated rings. The molecule has 0 radical (unpaired) electrons. The number of rotatable bonds is 4. The second-order valence-electron chi connectivity index (χ2n) is 3.92. The molecular weight excluding hydrogens is 200 g/mol. The lowest BCUT2D eigenvalue weighted by atomic mass is 10.1. The Kier molecular flexibility index (Phi) is 3.37. The smallest absolute Gasteiger partial charge is 0.120 e. The molecular formula is C13H16N2O. The lowest BCUT2D eigenvalue weighted by Gasteiger charge is -2.12. The van der Waals surface area contributed by atoms with Crippen LogP contribution in [-0.2, 0) is 6.54 Å². The molecule has 2 heterocycles. The first-order valence-electron chi connectivity index (χ1n) is 5.43. The van der Waals surface area contributed by atoms with Crippen molar-refractivity contribution in [3.63, 3.8) is 0 Å². The largest absolute Gasteiger partial charge is 0.468 e. The van der Waals surface area contributed by atoms with Crippen molar-refractivity contribution < 1.29 is 4.42 Å². The third-order valence-electron chi connectivity index (χ3n) is 2.72. The summed E-state index contributed by atoms with van der Waals surface area (Å²) in [5, 5.41) is 3.41. The molecule has 2 aromatic rings. The van der Waals surface area contributed by atoms with Crippen LogP contribution in [0.3, 0.4) is 0 Å². The zero-order chi connectivity index (χ0) is 11.4. The summed E-state index contributed by atoms with van der Waals surface area (Å²) < 4.78 is 5.37. The van der Waals surface area contributed by atoms with Gasteiger partial charge in [0.15, 0.2) is 0 Å². The topological polar surface area (TPSA) is 38.1 Å². The highest BCUT2D eigenvalue weighted by atomic mass is 16.3. The molecule has 0 amide bonds. The molecule has 84 valence electrons. The molecule has 0 aliphatic heterocycles. The highest BCUT2D eigenvalue weighted by molar-refractivity contribution is 5.16. The van der Waals surface area contributed by atoms with Gasteiger partial charge in [0.1, 0.15) is 5.76 Å². The maximum Gasteiger partial charge on any atom is 0.120 e. The van der Waals surface area contributed by atoms with Gasteiger partial charge in [0.25, 0.3) is 0 Å². The molecule has 0 saturated carbocycles. The van der Waals surface area contributed by atoms with Gasteiger partial charge in [0.05, 0.1) is 12.8 Å². The van der Waals surface area contributed by atoms with Crippen LogP contribution in [0.2, 0.25) is 0 Å². The van der Waals surface area contributed by atoms with Crippen LogP contribution in [0.15, 0.2) is 41.3 Å². The molecule has 3 nitrogen and oxygen atoms in total. The van der Waals surface area contributed by atoms with Crippen LogP contribution < -0.4 is 5.32 Å². The Labute approximate surface area is 95.5 Å². The van der Waals surface area contributed by atoms with Gasteiger partial charge >= 0.3 is 0 Å². The number of furan rings is 1. The molecule has 2 aromatic heterocycles. The molecule has 3 heteroatoms. The van der Waals surface area contributed by atoms with E-state index >= 15 is 0 Å². The molecule has 0 bridgehead atoms. The van der Waals surface area contributed by atoms with Gasteiger partial charge in [-0.05, 0) is 37.1 Å². The fourth-order valence-electron chi connectivity index (χ4n) is 1.58. The standard InChI is InChI=1S/C13H16N2O/c1-10-5-7-16-13(10)9-15-11(2)12-4-3-6-14-8-12/h3-8,11,15H,9H2,1-2H3/t11-/m1/s1. The highest BCUT2D eigenvalue weighted by Gasteiger charge is 2.07. The molecule has 0 aromatic carbocycles. The molecule has 16 heavy (non-hydrogen) atoms. The van der Waals surface area contributed by atoms with Crippen molar-refractivity contribution in [2.45, 2.75) is 26.4 Å². The third kappa shape index (κ3) is 2.49. The van der Waals surface area contributed by atoms with Gasteiger partial charge in [-0.25, -0.2) is 0 Å². The Bertz CT molecular complexity index is 436. The number of nitrogens with zero attached hydrogens (tertiary/aromatic N) is 1. The van der Waals surface area contributed by atoms with E-state index in [2.05, 4.69) is 30.2 Å². The maximum absolute atomic E-state index is 5.37. The molecule has 0 spiro atoms. The summed E-state index contributed by atoms with van der Waals surface area (Å²) >= 11 is 0. The third-order valence-corrected chi connectivity index (χ3v) is 2.72. The van der Waals surface area contributed by atoms with Crippen LogP contribution in [0, 0.1) is 6.92 Å². The van der Waals surface area contributed by atoms with Gasteiger partial charge in [0, 0.05) is 18.4 Å². The number of aromatic nitrogens is 1. The van der Waals surface area contributed by atoms with Crippen molar-refractivity contribution in [2.75, 3.05) is 0 Å². The van der Waals surface area contributed by atoms with Crippen LogP contribution in [-0.4, -0.2) is 4.98 Å². The van der Waals surface area contributed by atoms with Crippen molar-refractivity contribution in [2.24, 2.45) is 0 Å². The van der Waals surface area contributed by atoms with Crippen LogP contribution in [0.1, 0.15) is 29.9 Å². The Morgan fingerprint density at radius 2 is 2.31 bits per heavy atom. The van der Waals surface area contributed by atoms with Crippen LogP contribution in [0.4, 0.5) is 0 Å². The Hall–Kier alpha value is -1.61. The summed E-state index contributed by atoms with van der Waals surface area (Å²) in [6, 6.07) is 6.27. The molecule has 1 N–H and O–H groups in total. The van der Waals surface area contributed by atoms with E-state index in [4.69, 9.17) is 4.42 Å². The van der Waals surface area contributed by atoms with Gasteiger partial charge in [0.2, 0.25) is 0 Å². The SMILES string of the molecule is Cc1ccoc1CN[C@H](C)c1cccnc1. The van der Waals surface area contributed by atoms with Crippen molar-refractivity contribution in [3.05, 3.63) is 53.7 Å². The maximum atomic E-state index is 5.37. The van der Waals surface area contributed by atoms with Crippen LogP contribution in [0.25, 0.3) is 0 Å². The molecule has 0 aliphatic rings. The molecule has 0 saturated heterocycles. The predicted molar refractivity (Wildman–Crippen MR) is 62.9 cm³/mol. The summed E-state index contributed by atoms with van der Waals surface area (Å²) in [4.78, 5) is 4.10. The molecule has 0 aliphatic carbocycles. The first-order valence-corrected chi connectivity index (χ1v) is 5.43. The lowest BCUT2D eigenvalue weighted by Crippen LogP contribution is -2.18. The predicted octanol–water partition coefficient (Wildman–Crippen LogP) is 2.83. The Balaban J connectivity index is 1.94. The number of hydrogen-bond acceptors (Lipinski definition) is 3. The van der Waals surface area contributed by atoms with E-state index in [1.165, 1.54) is 11.1 Å². The van der Waals surface area contributed by atoms with Gasteiger partial charge in [-0.2, -0.15) is 0 Å². The number of nitrogens with one attached hydrogen (secondary N) is 1. The van der Waals surface area contributed by atoms with E-state index in [9.17, 15) is 0 Å². The normalized spacial score (nSPS) is 12.6. The van der Waals surface area contributed by atoms with E-state index in [0.717, 1.165) is 12.3 Å². The van der Waals surface area contributed by atoms with Gasteiger partial charge in [-0.3, -0.25) is 4.98 Å². The zero-order valence-corrected chi connectivity index (χ0v) is 9.60. The average Bonchev–Trinajstić information content (AvgIpc) is 2.73. The summed E-state index contributed by atoms with van der Waals surface area (Å²) in [5.74, 6) is 0.996. The summed E-state index contributed by atoms with van der Waals surface area (Å²) in [5.41, 5.74) is 2.37. The minimum Gasteiger partial charge on any atom is -0.468 e. The monoisotopic (exact) mass is 216 g/mol. The molecule has 1 atom stereocenters. The summed E-state index contributed by atoms with van der Waals surface area (Å²) in [7, 11) is 0. The number of pyridine rings is 1. The van der Waals surface area contributed by atoms with Gasteiger partial charge in [-0.1, -0.05) is 6.07 Å². The van der Waals surface area contributed by atoms with E-state index < -0.39 is 0 Å². The lowest BCUT2D eigenvalue weighted by molar-refractivity contribution is 0.457. The van der Waals surface area contributed by atoms with E-state index in [1.54, 1.807) is 12.5 Å². The van der Waals surface area contributed by atoms with Crippen LogP contribution >= 0.6 is 0 Å². The van der Waals surface area contributed by atoms with Crippen LogP contribution in [0.5, 0.6) is 0 Å². The molecule has 0 unspecified atom stereocenters. The van der Waals surface area contributed by atoms with E-state index in [1.807, 2.05) is 18.3 Å². The second kappa shape index (κ2) is 4.94. The van der Waals surface area contributed by atoms with Crippen molar-refractivity contribution in [1.29, 1.82) is 0 Å². The van der Waals surface area contributed by atoms with Crippen molar-refractivity contribution >= 4 is 0 Å². The van der Waals surface area contributed by atoms with Crippen molar-refractivity contribution in [3.8, 4) is 0 Å². The zero-order valence-electron chi connectivity index (χ0n) is 9.60. The highest BCUT2D eigenvalue weighted by Crippen LogP contribution is 2.13. The first kappa shape index (κ1) is 10.9. The minimum atomic E-state index is 0.276. The number of hydrogen-bond donors (Lipinski definition) is 1. The van der Waals surface area contributed by atoms with E-state index in [-0.39, 0.29) is 6.04 Å². The first-order chi connectivity index (χ1) is 7.77. The van der Waals surface area contributed by atoms with Gasteiger partial charge < -0.3 is 9.73 Å². The molecule has 2 rings (SSSR count). The fraction of sp³-hybridized carbons (Fsp3) is 0.308. The second-order valence-corrected chi connectivity index (χ2v) is 3.92. The van der Waals surface area contributed by atoms with E-state index in [0.29, 0.717) is 0 Å². The summed E-state index contributed by atoms with van der Waals surface area (Å²) in [6.45, 7) is 4.92. The average molecular weight is 216 g/mol. The summed E-state index contributed by atoms with van der Waals surface area (Å²) in [6.07, 6.45) is 5.39.